The van der Waals surface area contributed by atoms with E-state index < -0.39 is 0 Å². The molecule has 0 atom stereocenters. The molecule has 1 aromatic heterocycles. The standard InChI is InChI=1S/C14H19N3O/c1-11-5-6-13(8-12(11)2)9-17-10-14(15-16-17)4-3-7-18/h5-6,8,10,18H,3-4,7,9H2,1-2H3. The van der Waals surface area contributed by atoms with E-state index in [1.165, 1.54) is 16.7 Å². The first-order chi connectivity index (χ1) is 8.69. The van der Waals surface area contributed by atoms with Crippen molar-refractivity contribution in [3.8, 4) is 0 Å². The molecule has 0 fully saturated rings. The van der Waals surface area contributed by atoms with Crippen LogP contribution in [0.1, 0.15) is 28.8 Å². The second-order valence-electron chi connectivity index (χ2n) is 4.65. The van der Waals surface area contributed by atoms with Gasteiger partial charge in [-0.15, -0.1) is 5.10 Å². The van der Waals surface area contributed by atoms with Crippen LogP contribution in [0.25, 0.3) is 0 Å². The number of aromatic nitrogens is 3. The quantitative estimate of drug-likeness (QED) is 0.875. The minimum absolute atomic E-state index is 0.198. The molecular formula is C14H19N3O. The molecule has 0 saturated heterocycles. The fourth-order valence-corrected chi connectivity index (χ4v) is 1.88. The van der Waals surface area contributed by atoms with Crippen molar-refractivity contribution in [2.75, 3.05) is 6.61 Å². The van der Waals surface area contributed by atoms with Crippen molar-refractivity contribution >= 4 is 0 Å². The Kier molecular flexibility index (Phi) is 4.10. The Morgan fingerprint density at radius 1 is 1.22 bits per heavy atom. The lowest BCUT2D eigenvalue weighted by Gasteiger charge is -2.04. The van der Waals surface area contributed by atoms with Gasteiger partial charge < -0.3 is 5.11 Å². The maximum absolute atomic E-state index is 8.77. The summed E-state index contributed by atoms with van der Waals surface area (Å²) in [5, 5.41) is 17.0. The summed E-state index contributed by atoms with van der Waals surface area (Å²) in [6.07, 6.45) is 3.47. The van der Waals surface area contributed by atoms with Crippen LogP contribution >= 0.6 is 0 Å². The van der Waals surface area contributed by atoms with E-state index >= 15 is 0 Å². The predicted octanol–water partition coefficient (Wildman–Crippen LogP) is 1.87. The van der Waals surface area contributed by atoms with Crippen LogP contribution in [0.2, 0.25) is 0 Å². The molecule has 0 saturated carbocycles. The molecule has 18 heavy (non-hydrogen) atoms. The molecule has 0 amide bonds. The van der Waals surface area contributed by atoms with Crippen molar-refractivity contribution in [2.45, 2.75) is 33.2 Å². The minimum Gasteiger partial charge on any atom is -0.396 e. The first kappa shape index (κ1) is 12.8. The summed E-state index contributed by atoms with van der Waals surface area (Å²) < 4.78 is 1.84. The average Bonchev–Trinajstić information content (AvgIpc) is 2.79. The van der Waals surface area contributed by atoms with Gasteiger partial charge >= 0.3 is 0 Å². The van der Waals surface area contributed by atoms with Crippen LogP contribution in [0.5, 0.6) is 0 Å². The second kappa shape index (κ2) is 5.78. The summed E-state index contributed by atoms with van der Waals surface area (Å²) in [7, 11) is 0. The highest BCUT2D eigenvalue weighted by Crippen LogP contribution is 2.11. The lowest BCUT2D eigenvalue weighted by Crippen LogP contribution is -2.01. The molecule has 1 N–H and O–H groups in total. The Balaban J connectivity index is 2.04. The maximum atomic E-state index is 8.77. The van der Waals surface area contributed by atoms with Gasteiger partial charge in [-0.2, -0.15) is 0 Å². The predicted molar refractivity (Wildman–Crippen MR) is 70.4 cm³/mol. The van der Waals surface area contributed by atoms with Crippen molar-refractivity contribution in [1.82, 2.24) is 15.0 Å². The molecule has 2 aromatic rings. The SMILES string of the molecule is Cc1ccc(Cn2cc(CCCO)nn2)cc1C. The number of hydrogen-bond donors (Lipinski definition) is 1. The third-order valence-electron chi connectivity index (χ3n) is 3.09. The normalized spacial score (nSPS) is 10.8. The molecule has 4 nitrogen and oxygen atoms in total. The van der Waals surface area contributed by atoms with Crippen molar-refractivity contribution in [2.24, 2.45) is 0 Å². The third-order valence-corrected chi connectivity index (χ3v) is 3.09. The lowest BCUT2D eigenvalue weighted by atomic mass is 10.1. The summed E-state index contributed by atoms with van der Waals surface area (Å²) in [6, 6.07) is 6.44. The first-order valence-electron chi connectivity index (χ1n) is 6.25. The summed E-state index contributed by atoms with van der Waals surface area (Å²) in [6.45, 7) is 5.17. The van der Waals surface area contributed by atoms with E-state index in [0.29, 0.717) is 0 Å². The lowest BCUT2D eigenvalue weighted by molar-refractivity contribution is 0.288. The van der Waals surface area contributed by atoms with E-state index in [0.717, 1.165) is 25.1 Å². The largest absolute Gasteiger partial charge is 0.396 e. The zero-order valence-corrected chi connectivity index (χ0v) is 10.9. The van der Waals surface area contributed by atoms with Gasteiger partial charge in [-0.25, -0.2) is 4.68 Å². The molecule has 0 radical (unpaired) electrons. The van der Waals surface area contributed by atoms with Gasteiger partial charge in [0.1, 0.15) is 0 Å². The fraction of sp³-hybridized carbons (Fsp3) is 0.429. The summed E-state index contributed by atoms with van der Waals surface area (Å²) in [4.78, 5) is 0. The molecular weight excluding hydrogens is 226 g/mol. The van der Waals surface area contributed by atoms with Crippen LogP contribution in [-0.2, 0) is 13.0 Å². The number of aliphatic hydroxyl groups is 1. The molecule has 0 aliphatic carbocycles. The Labute approximate surface area is 107 Å². The number of benzene rings is 1. The van der Waals surface area contributed by atoms with Gasteiger partial charge in [-0.05, 0) is 43.4 Å². The van der Waals surface area contributed by atoms with Crippen LogP contribution < -0.4 is 0 Å². The Morgan fingerprint density at radius 2 is 2.06 bits per heavy atom. The first-order valence-corrected chi connectivity index (χ1v) is 6.25. The zero-order valence-electron chi connectivity index (χ0n) is 10.9. The van der Waals surface area contributed by atoms with Crippen LogP contribution in [0, 0.1) is 13.8 Å². The van der Waals surface area contributed by atoms with Crippen LogP contribution in [-0.4, -0.2) is 26.7 Å². The third kappa shape index (κ3) is 3.17. The number of nitrogens with zero attached hydrogens (tertiary/aromatic N) is 3. The Morgan fingerprint density at radius 3 is 2.78 bits per heavy atom. The fourth-order valence-electron chi connectivity index (χ4n) is 1.88. The molecule has 0 spiro atoms. The van der Waals surface area contributed by atoms with Crippen molar-refractivity contribution in [1.29, 1.82) is 0 Å². The molecule has 1 aromatic carbocycles. The van der Waals surface area contributed by atoms with E-state index in [2.05, 4.69) is 42.4 Å². The maximum Gasteiger partial charge on any atom is 0.0828 e. The minimum atomic E-state index is 0.198. The average molecular weight is 245 g/mol. The number of aliphatic hydroxyl groups excluding tert-OH is 1. The number of aryl methyl sites for hydroxylation is 3. The summed E-state index contributed by atoms with van der Waals surface area (Å²) >= 11 is 0. The smallest absolute Gasteiger partial charge is 0.0828 e. The molecule has 96 valence electrons. The highest BCUT2D eigenvalue weighted by atomic mass is 16.2. The summed E-state index contributed by atoms with van der Waals surface area (Å²) in [5.74, 6) is 0. The second-order valence-corrected chi connectivity index (χ2v) is 4.65. The van der Waals surface area contributed by atoms with Gasteiger partial charge in [0, 0.05) is 12.8 Å². The molecule has 0 aliphatic heterocycles. The van der Waals surface area contributed by atoms with E-state index in [-0.39, 0.29) is 6.61 Å². The summed E-state index contributed by atoms with van der Waals surface area (Å²) in [5.41, 5.74) is 4.78. The van der Waals surface area contributed by atoms with Gasteiger partial charge in [-0.3, -0.25) is 0 Å². The van der Waals surface area contributed by atoms with Gasteiger partial charge in [0.15, 0.2) is 0 Å². The van der Waals surface area contributed by atoms with Gasteiger partial charge in [0.2, 0.25) is 0 Å². The zero-order chi connectivity index (χ0) is 13.0. The molecule has 0 aliphatic rings. The number of hydrogen-bond acceptors (Lipinski definition) is 3. The van der Waals surface area contributed by atoms with E-state index in [9.17, 15) is 0 Å². The van der Waals surface area contributed by atoms with Crippen molar-refractivity contribution in [3.63, 3.8) is 0 Å². The topological polar surface area (TPSA) is 50.9 Å². The molecule has 2 rings (SSSR count). The van der Waals surface area contributed by atoms with E-state index in [1.54, 1.807) is 0 Å². The van der Waals surface area contributed by atoms with Gasteiger partial charge in [0.25, 0.3) is 0 Å². The Bertz CT molecular complexity index is 520. The van der Waals surface area contributed by atoms with E-state index in [4.69, 9.17) is 5.11 Å². The highest BCUT2D eigenvalue weighted by Gasteiger charge is 2.02. The van der Waals surface area contributed by atoms with Crippen LogP contribution in [0.15, 0.2) is 24.4 Å². The highest BCUT2D eigenvalue weighted by molar-refractivity contribution is 5.29. The number of rotatable bonds is 5. The molecule has 0 bridgehead atoms. The van der Waals surface area contributed by atoms with Crippen molar-refractivity contribution in [3.05, 3.63) is 46.8 Å². The molecule has 0 unspecified atom stereocenters. The van der Waals surface area contributed by atoms with Crippen LogP contribution in [0.3, 0.4) is 0 Å². The Hall–Kier alpha value is -1.68. The van der Waals surface area contributed by atoms with Gasteiger partial charge in [0.05, 0.1) is 12.2 Å². The van der Waals surface area contributed by atoms with Crippen LogP contribution in [0.4, 0.5) is 0 Å². The van der Waals surface area contributed by atoms with E-state index in [1.807, 2.05) is 10.9 Å². The van der Waals surface area contributed by atoms with Gasteiger partial charge in [-0.1, -0.05) is 23.4 Å². The molecule has 1 heterocycles. The van der Waals surface area contributed by atoms with Crippen molar-refractivity contribution < 1.29 is 5.11 Å². The monoisotopic (exact) mass is 245 g/mol. The molecule has 4 heteroatoms.